The van der Waals surface area contributed by atoms with Gasteiger partial charge >= 0.3 is 6.03 Å². The Bertz CT molecular complexity index is 1330. The molecule has 8 nitrogen and oxygen atoms in total. The van der Waals surface area contributed by atoms with Crippen LogP contribution < -0.4 is 16.1 Å². The van der Waals surface area contributed by atoms with Gasteiger partial charge in [-0.15, -0.1) is 0 Å². The van der Waals surface area contributed by atoms with Crippen LogP contribution >= 0.6 is 0 Å². The van der Waals surface area contributed by atoms with Gasteiger partial charge in [0, 0.05) is 61.5 Å². The second kappa shape index (κ2) is 10.1. The van der Waals surface area contributed by atoms with Crippen molar-refractivity contribution in [3.8, 4) is 0 Å². The van der Waals surface area contributed by atoms with Crippen LogP contribution in [0.1, 0.15) is 35.6 Å². The molecule has 1 unspecified atom stereocenters. The van der Waals surface area contributed by atoms with E-state index in [1.165, 1.54) is 0 Å². The number of halogens is 1. The quantitative estimate of drug-likeness (QED) is 0.423. The van der Waals surface area contributed by atoms with E-state index in [1.807, 2.05) is 43.0 Å². The Morgan fingerprint density at radius 3 is 2.91 bits per heavy atom. The van der Waals surface area contributed by atoms with Crippen molar-refractivity contribution in [1.29, 1.82) is 0 Å². The van der Waals surface area contributed by atoms with E-state index >= 15 is 0 Å². The number of rotatable bonds is 6. The number of amides is 2. The van der Waals surface area contributed by atoms with Crippen molar-refractivity contribution >= 4 is 36.5 Å². The Labute approximate surface area is 204 Å². The van der Waals surface area contributed by atoms with E-state index in [-0.39, 0.29) is 11.9 Å². The lowest BCUT2D eigenvalue weighted by Crippen LogP contribution is -2.42. The van der Waals surface area contributed by atoms with E-state index in [9.17, 15) is 9.18 Å². The predicted molar refractivity (Wildman–Crippen MR) is 137 cm³/mol. The fraction of sp³-hybridized carbons (Fsp3) is 0.280. The number of alkyl halides is 1. The minimum atomic E-state index is -0.622. The Kier molecular flexibility index (Phi) is 6.60. The van der Waals surface area contributed by atoms with E-state index in [2.05, 4.69) is 20.7 Å². The van der Waals surface area contributed by atoms with Gasteiger partial charge < -0.3 is 15.5 Å². The lowest BCUT2D eigenvalue weighted by molar-refractivity contribution is 0.192. The van der Waals surface area contributed by atoms with Gasteiger partial charge in [0.1, 0.15) is 20.3 Å². The zero-order valence-corrected chi connectivity index (χ0v) is 19.6. The van der Waals surface area contributed by atoms with Crippen LogP contribution in [0.3, 0.4) is 0 Å². The number of fused-ring (bicyclic) bond motifs is 1. The smallest absolute Gasteiger partial charge is 0.321 e. The topological polar surface area (TPSA) is 87.5 Å². The monoisotopic (exact) mass is 471 g/mol. The molecule has 178 valence electrons. The molecule has 4 aromatic rings. The third kappa shape index (κ3) is 4.96. The molecule has 4 heterocycles. The van der Waals surface area contributed by atoms with Gasteiger partial charge in [-0.3, -0.25) is 4.98 Å². The lowest BCUT2D eigenvalue weighted by atomic mass is 9.94. The van der Waals surface area contributed by atoms with Gasteiger partial charge in [-0.2, -0.15) is 9.61 Å². The summed E-state index contributed by atoms with van der Waals surface area (Å²) in [4.78, 5) is 23.9. The van der Waals surface area contributed by atoms with Crippen molar-refractivity contribution in [3.05, 3.63) is 77.9 Å². The van der Waals surface area contributed by atoms with Gasteiger partial charge in [0.25, 0.3) is 0 Å². The highest BCUT2D eigenvalue weighted by atomic mass is 19.1. The summed E-state index contributed by atoms with van der Waals surface area (Å²) in [5.74, 6) is 0.935. The van der Waals surface area contributed by atoms with Crippen molar-refractivity contribution in [2.75, 3.05) is 23.7 Å². The molecule has 2 amide bonds. The summed E-state index contributed by atoms with van der Waals surface area (Å²) >= 11 is 0. The zero-order valence-electron chi connectivity index (χ0n) is 19.6. The Balaban J connectivity index is 1.36. The first-order valence-electron chi connectivity index (χ1n) is 11.8. The van der Waals surface area contributed by atoms with Crippen molar-refractivity contribution in [1.82, 2.24) is 24.5 Å². The summed E-state index contributed by atoms with van der Waals surface area (Å²) in [5.41, 5.74) is 4.77. The average Bonchev–Trinajstić information content (AvgIpc) is 3.29. The van der Waals surface area contributed by atoms with Crippen LogP contribution in [0.15, 0.2) is 61.1 Å². The minimum Gasteiger partial charge on any atom is -0.366 e. The molecule has 0 aliphatic carbocycles. The zero-order chi connectivity index (χ0) is 24.2. The van der Waals surface area contributed by atoms with E-state index in [0.717, 1.165) is 41.0 Å². The summed E-state index contributed by atoms with van der Waals surface area (Å²) in [6.45, 7) is 1.18. The molecule has 35 heavy (non-hydrogen) atoms. The van der Waals surface area contributed by atoms with Crippen LogP contribution in [0, 0.1) is 0 Å². The van der Waals surface area contributed by atoms with Gasteiger partial charge in [-0.1, -0.05) is 24.3 Å². The molecule has 0 radical (unpaired) electrons. The molecule has 10 heteroatoms. The number of urea groups is 1. The molecule has 0 saturated carbocycles. The number of nitrogens with zero attached hydrogens (tertiary/aromatic N) is 5. The minimum absolute atomic E-state index is 0.0872. The number of pyridine rings is 1. The summed E-state index contributed by atoms with van der Waals surface area (Å²) in [6.07, 6.45) is 7.20. The van der Waals surface area contributed by atoms with Crippen LogP contribution in [0.5, 0.6) is 0 Å². The number of piperidine rings is 1. The lowest BCUT2D eigenvalue weighted by Gasteiger charge is -2.33. The third-order valence-corrected chi connectivity index (χ3v) is 6.39. The van der Waals surface area contributed by atoms with Crippen LogP contribution in [-0.2, 0) is 13.2 Å². The second-order valence-corrected chi connectivity index (χ2v) is 8.85. The fourth-order valence-corrected chi connectivity index (χ4v) is 4.48. The normalized spacial score (nSPS) is 15.8. The van der Waals surface area contributed by atoms with Crippen molar-refractivity contribution in [3.63, 3.8) is 0 Å². The van der Waals surface area contributed by atoms with Crippen molar-refractivity contribution in [2.45, 2.75) is 32.0 Å². The highest BCUT2D eigenvalue weighted by Crippen LogP contribution is 2.28. The van der Waals surface area contributed by atoms with E-state index in [0.29, 0.717) is 30.9 Å². The SMILES string of the molecule is Bc1cnn2c(NCc3cccnc3)cc(C3CCCN(C(=O)Nc4ccccc4CF)C3)nc12. The fourth-order valence-electron chi connectivity index (χ4n) is 4.48. The predicted octanol–water partition coefficient (Wildman–Crippen LogP) is 2.88. The summed E-state index contributed by atoms with van der Waals surface area (Å²) < 4.78 is 15.1. The number of likely N-dealkylation sites (tertiary alicyclic amines) is 1. The molecule has 1 aliphatic heterocycles. The third-order valence-electron chi connectivity index (χ3n) is 6.39. The van der Waals surface area contributed by atoms with Crippen LogP contribution in [0.2, 0.25) is 0 Å². The first-order chi connectivity index (χ1) is 17.1. The molecule has 1 fully saturated rings. The highest BCUT2D eigenvalue weighted by molar-refractivity contribution is 6.36. The Hall–Kier alpha value is -3.95. The number of nitrogens with one attached hydrogen (secondary N) is 2. The number of para-hydroxylation sites is 1. The number of hydrogen-bond donors (Lipinski definition) is 2. The number of carbonyl (C=O) groups is 1. The molecule has 1 aromatic carbocycles. The van der Waals surface area contributed by atoms with Crippen LogP contribution in [0.25, 0.3) is 5.65 Å². The van der Waals surface area contributed by atoms with Crippen molar-refractivity contribution < 1.29 is 9.18 Å². The number of aromatic nitrogens is 4. The maximum atomic E-state index is 13.3. The summed E-state index contributed by atoms with van der Waals surface area (Å²) in [6, 6.07) is 12.7. The largest absolute Gasteiger partial charge is 0.366 e. The first kappa shape index (κ1) is 22.8. The molecule has 0 spiro atoms. The molecule has 1 aliphatic rings. The van der Waals surface area contributed by atoms with Gasteiger partial charge in [-0.05, 0) is 36.0 Å². The standard InChI is InChI=1S/C25H27BFN7O/c26-20-15-30-34-23(29-14-17-5-3-9-28-13-17)11-22(31-24(20)34)19-7-4-10-33(16-19)25(35)32-21-8-2-1-6-18(21)12-27/h1-3,5-6,8-9,11,13,15,19,29H,4,7,10,12,14,16,26H2,(H,32,35). The van der Waals surface area contributed by atoms with E-state index in [1.54, 1.807) is 35.4 Å². The van der Waals surface area contributed by atoms with Gasteiger partial charge in [0.15, 0.2) is 5.65 Å². The molecular weight excluding hydrogens is 444 g/mol. The number of benzene rings is 1. The van der Waals surface area contributed by atoms with Crippen LogP contribution in [0.4, 0.5) is 20.7 Å². The molecule has 1 saturated heterocycles. The molecular formula is C25H27BFN7O. The second-order valence-electron chi connectivity index (χ2n) is 8.85. The van der Waals surface area contributed by atoms with Crippen molar-refractivity contribution in [2.24, 2.45) is 0 Å². The molecule has 3 aromatic heterocycles. The molecule has 2 N–H and O–H groups in total. The average molecular weight is 471 g/mol. The van der Waals surface area contributed by atoms with E-state index in [4.69, 9.17) is 4.98 Å². The van der Waals surface area contributed by atoms with E-state index < -0.39 is 6.67 Å². The number of anilines is 2. The van der Waals surface area contributed by atoms with Gasteiger partial charge in [-0.25, -0.2) is 14.2 Å². The maximum absolute atomic E-state index is 13.3. The van der Waals surface area contributed by atoms with Gasteiger partial charge in [0.05, 0.1) is 5.69 Å². The molecule has 0 bridgehead atoms. The van der Waals surface area contributed by atoms with Crippen LogP contribution in [-0.4, -0.2) is 51.4 Å². The highest BCUT2D eigenvalue weighted by Gasteiger charge is 2.27. The summed E-state index contributed by atoms with van der Waals surface area (Å²) in [5, 5.41) is 10.8. The first-order valence-corrected chi connectivity index (χ1v) is 11.8. The van der Waals surface area contributed by atoms with Gasteiger partial charge in [0.2, 0.25) is 0 Å². The Morgan fingerprint density at radius 1 is 1.20 bits per heavy atom. The maximum Gasteiger partial charge on any atom is 0.321 e. The number of hydrogen-bond acceptors (Lipinski definition) is 5. The molecule has 1 atom stereocenters. The summed E-state index contributed by atoms with van der Waals surface area (Å²) in [7, 11) is 1.99. The Morgan fingerprint density at radius 2 is 2.09 bits per heavy atom. The molecule has 5 rings (SSSR count). The number of carbonyl (C=O) groups excluding carboxylic acids is 1.